The van der Waals surface area contributed by atoms with Gasteiger partial charge in [0.05, 0.1) is 20.2 Å². The number of aliphatic carboxylic acids is 1. The van der Waals surface area contributed by atoms with Gasteiger partial charge < -0.3 is 59.0 Å². The minimum atomic E-state index is -1.25. The number of ether oxygens (including phenoxy) is 5. The van der Waals surface area contributed by atoms with Gasteiger partial charge in [-0.25, -0.2) is 28.8 Å². The summed E-state index contributed by atoms with van der Waals surface area (Å²) in [5, 5.41) is 15.1. The number of benzene rings is 2. The van der Waals surface area contributed by atoms with E-state index >= 15 is 0 Å². The maximum Gasteiger partial charge on any atom is 0.410 e. The molecule has 20 nitrogen and oxygen atoms in total. The third kappa shape index (κ3) is 15.0. The molecule has 2 saturated heterocycles. The van der Waals surface area contributed by atoms with E-state index in [1.54, 1.807) is 41.5 Å². The number of nitrogens with one attached hydrogen (secondary N) is 2. The number of carboxylic acids is 1. The molecule has 0 radical (unpaired) electrons. The molecule has 2 saturated carbocycles. The van der Waals surface area contributed by atoms with Gasteiger partial charge in [0.2, 0.25) is 11.8 Å². The van der Waals surface area contributed by atoms with E-state index < -0.39 is 83.5 Å². The van der Waals surface area contributed by atoms with Crippen molar-refractivity contribution in [2.45, 2.75) is 118 Å². The number of piperidine rings is 2. The van der Waals surface area contributed by atoms with Crippen molar-refractivity contribution in [2.24, 2.45) is 34.5 Å². The van der Waals surface area contributed by atoms with E-state index in [0.29, 0.717) is 6.54 Å². The monoisotopic (exact) mass is 1040 g/mol. The first-order valence-corrected chi connectivity index (χ1v) is 25.1. The van der Waals surface area contributed by atoms with E-state index in [0.717, 1.165) is 11.1 Å². The lowest BCUT2D eigenvalue weighted by atomic mass is 10.0. The number of methoxy groups -OCH3 is 1. The average Bonchev–Trinajstić information content (AvgIpc) is 3.77. The molecule has 75 heavy (non-hydrogen) atoms. The Morgan fingerprint density at radius 1 is 0.653 bits per heavy atom. The number of fused-ring (bicyclic) bond motifs is 2. The van der Waals surface area contributed by atoms with E-state index in [2.05, 4.69) is 37.6 Å². The SMILES string of the molecule is C=CCN(C[C@H](NC(=O)OC(C)(C)C)C(=O)N1C[C@H]2[C@@H]([C@H]1C(=O)O)C2(C)C)C(=O)OCc1ccccc1.C=CCN(C[C@H](NC(=O)OC(C)(C)C)C(=O)N1C[C@H]2[C@@H]([C@H]1C(=O)OC)C2(C)C)C(=O)OCc1ccccc1. The molecule has 6 rings (SSSR count). The Balaban J connectivity index is 0.000000277. The topological polar surface area (TPSA) is 240 Å². The number of carboxylic acid groups (broad SMARTS) is 1. The predicted molar refractivity (Wildman–Crippen MR) is 275 cm³/mol. The second kappa shape index (κ2) is 24.0. The predicted octanol–water partition coefficient (Wildman–Crippen LogP) is 6.63. The van der Waals surface area contributed by atoms with Crippen LogP contribution in [0.4, 0.5) is 19.2 Å². The Kier molecular flexibility index (Phi) is 18.8. The van der Waals surface area contributed by atoms with Crippen molar-refractivity contribution in [2.75, 3.05) is 46.4 Å². The van der Waals surface area contributed by atoms with Crippen LogP contribution in [-0.2, 0) is 56.1 Å². The molecule has 2 aromatic rings. The zero-order chi connectivity index (χ0) is 55.8. The molecule has 8 atom stereocenters. The summed E-state index contributed by atoms with van der Waals surface area (Å²) in [5.41, 5.74) is -0.309. The second-order valence-electron chi connectivity index (χ2n) is 22.5. The minimum absolute atomic E-state index is 0.0249. The van der Waals surface area contributed by atoms with Crippen LogP contribution in [-0.4, -0.2) is 155 Å². The fraction of sp³-hybridized carbons (Fsp3) is 0.564. The van der Waals surface area contributed by atoms with Gasteiger partial charge in [-0.1, -0.05) is 101 Å². The zero-order valence-corrected chi connectivity index (χ0v) is 45.2. The van der Waals surface area contributed by atoms with Crippen molar-refractivity contribution >= 4 is 48.1 Å². The standard InChI is InChI=1S/C28H39N3O7.C27H37N3O7/c1-8-14-30(26(35)37-17-18-12-10-9-11-13-18)16-20(29-25(34)38-27(2,3)4)23(32)31-15-19-21(28(19,5)6)22(31)24(33)36-7;1-7-13-29(25(35)36-16-17-11-9-8-10-12-17)15-19(28-24(34)37-26(2,3)4)22(31)30-14-18-20(27(18,5)6)21(30)23(32)33/h8-13,19-22H,1,14-17H2,2-7H3,(H,29,34);7-12,18-21H,1,13-16H2,2-6H3,(H,28,34)(H,32,33)/t19-,20-,21-,22-;18-,19-,20-,21-/m00/s1. The smallest absolute Gasteiger partial charge is 0.410 e. The molecule has 20 heteroatoms. The third-order valence-corrected chi connectivity index (χ3v) is 14.1. The first kappa shape index (κ1) is 58.8. The number of likely N-dealkylation sites (tertiary alicyclic amines) is 2. The molecule has 0 bridgehead atoms. The normalized spacial score (nSPS) is 22.1. The Morgan fingerprint density at radius 3 is 1.35 bits per heavy atom. The van der Waals surface area contributed by atoms with Crippen LogP contribution in [0.2, 0.25) is 0 Å². The van der Waals surface area contributed by atoms with Gasteiger partial charge in [-0.15, -0.1) is 13.2 Å². The average molecular weight is 1050 g/mol. The Morgan fingerprint density at radius 2 is 1.01 bits per heavy atom. The highest BCUT2D eigenvalue weighted by atomic mass is 16.6. The summed E-state index contributed by atoms with van der Waals surface area (Å²) in [7, 11) is 1.29. The Hall–Kier alpha value is -7.12. The Labute approximate surface area is 440 Å². The van der Waals surface area contributed by atoms with E-state index in [9.17, 15) is 43.5 Å². The van der Waals surface area contributed by atoms with Gasteiger partial charge in [-0.05, 0) is 75.3 Å². The van der Waals surface area contributed by atoms with Crippen LogP contribution in [0, 0.1) is 34.5 Å². The van der Waals surface area contributed by atoms with Crippen molar-refractivity contribution in [3.05, 3.63) is 97.1 Å². The molecule has 2 aliphatic carbocycles. The zero-order valence-electron chi connectivity index (χ0n) is 45.2. The number of esters is 1. The van der Waals surface area contributed by atoms with Crippen LogP contribution < -0.4 is 10.6 Å². The quantitative estimate of drug-likeness (QED) is 0.0807. The Bertz CT molecular complexity index is 2420. The highest BCUT2D eigenvalue weighted by molar-refractivity contribution is 5.92. The van der Waals surface area contributed by atoms with Gasteiger partial charge in [-0.3, -0.25) is 9.59 Å². The van der Waals surface area contributed by atoms with E-state index in [1.165, 1.54) is 38.9 Å². The molecular weight excluding hydrogens is 969 g/mol. The molecule has 3 N–H and O–H groups in total. The molecule has 0 unspecified atom stereocenters. The highest BCUT2D eigenvalue weighted by Gasteiger charge is 2.71. The second-order valence-corrected chi connectivity index (χ2v) is 22.5. The molecule has 2 aromatic carbocycles. The lowest BCUT2D eigenvalue weighted by Crippen LogP contribution is -2.58. The first-order valence-electron chi connectivity index (χ1n) is 25.1. The van der Waals surface area contributed by atoms with Gasteiger partial charge in [0.1, 0.15) is 48.6 Å². The summed E-state index contributed by atoms with van der Waals surface area (Å²) in [5.74, 6) is -2.70. The van der Waals surface area contributed by atoms with Crippen LogP contribution in [0.5, 0.6) is 0 Å². The number of nitrogens with zero attached hydrogens (tertiary/aromatic N) is 4. The first-order chi connectivity index (χ1) is 35.1. The summed E-state index contributed by atoms with van der Waals surface area (Å²) in [6.07, 6.45) is -0.0547. The van der Waals surface area contributed by atoms with Gasteiger partial charge in [0.15, 0.2) is 0 Å². The number of amides is 6. The molecule has 6 amide bonds. The van der Waals surface area contributed by atoms with Crippen LogP contribution in [0.3, 0.4) is 0 Å². The molecule has 0 spiro atoms. The van der Waals surface area contributed by atoms with Crippen molar-refractivity contribution in [1.82, 2.24) is 30.2 Å². The van der Waals surface area contributed by atoms with E-state index in [4.69, 9.17) is 23.7 Å². The lowest BCUT2D eigenvalue weighted by Gasteiger charge is -2.34. The summed E-state index contributed by atoms with van der Waals surface area (Å²) in [4.78, 5) is 109. The van der Waals surface area contributed by atoms with Crippen LogP contribution in [0.25, 0.3) is 0 Å². The summed E-state index contributed by atoms with van der Waals surface area (Å²) in [6.45, 7) is 26.0. The molecule has 2 heterocycles. The molecule has 2 aliphatic heterocycles. The number of carbonyl (C=O) groups is 8. The van der Waals surface area contributed by atoms with Crippen LogP contribution in [0.15, 0.2) is 86.0 Å². The van der Waals surface area contributed by atoms with Crippen molar-refractivity contribution in [3.63, 3.8) is 0 Å². The maximum atomic E-state index is 13.8. The highest BCUT2D eigenvalue weighted by Crippen LogP contribution is 2.66. The maximum absolute atomic E-state index is 13.8. The van der Waals surface area contributed by atoms with E-state index in [-0.39, 0.29) is 80.4 Å². The number of carbonyl (C=O) groups excluding carboxylic acids is 7. The number of rotatable bonds is 18. The van der Waals surface area contributed by atoms with Crippen LogP contribution >= 0.6 is 0 Å². The lowest BCUT2D eigenvalue weighted by molar-refractivity contribution is -0.153. The number of alkyl carbamates (subject to hydrolysis) is 2. The molecule has 4 aliphatic rings. The minimum Gasteiger partial charge on any atom is -0.480 e. The van der Waals surface area contributed by atoms with Crippen molar-refractivity contribution in [3.8, 4) is 0 Å². The van der Waals surface area contributed by atoms with Gasteiger partial charge in [0.25, 0.3) is 0 Å². The summed E-state index contributed by atoms with van der Waals surface area (Å²) in [6, 6.07) is 14.1. The molecule has 0 aromatic heterocycles. The van der Waals surface area contributed by atoms with Crippen LogP contribution in [0.1, 0.15) is 80.4 Å². The van der Waals surface area contributed by atoms with Gasteiger partial charge in [-0.2, -0.15) is 0 Å². The van der Waals surface area contributed by atoms with Gasteiger partial charge in [0, 0.05) is 38.0 Å². The summed E-state index contributed by atoms with van der Waals surface area (Å²) >= 11 is 0. The molecular formula is C55H76N6O14. The van der Waals surface area contributed by atoms with Gasteiger partial charge >= 0.3 is 36.3 Å². The number of hydrogen-bond donors (Lipinski definition) is 3. The fourth-order valence-corrected chi connectivity index (χ4v) is 10.2. The van der Waals surface area contributed by atoms with Crippen molar-refractivity contribution in [1.29, 1.82) is 0 Å². The van der Waals surface area contributed by atoms with Crippen molar-refractivity contribution < 1.29 is 67.1 Å². The molecule has 410 valence electrons. The third-order valence-electron chi connectivity index (χ3n) is 14.1. The largest absolute Gasteiger partial charge is 0.480 e. The number of hydrogen-bond acceptors (Lipinski definition) is 13. The molecule has 4 fully saturated rings. The fourth-order valence-electron chi connectivity index (χ4n) is 10.2. The summed E-state index contributed by atoms with van der Waals surface area (Å²) < 4.78 is 26.6. The van der Waals surface area contributed by atoms with E-state index in [1.807, 2.05) is 74.5 Å².